The molecule has 0 fully saturated rings. The number of primary sulfonamides is 1. The number of nitrogens with zero attached hydrogens (tertiary/aromatic N) is 1. The number of thiazole rings is 1. The highest BCUT2D eigenvalue weighted by Crippen LogP contribution is 2.29. The number of carboxylic acid groups (broad SMARTS) is 1. The van der Waals surface area contributed by atoms with E-state index in [0.717, 1.165) is 16.9 Å². The molecule has 0 aliphatic carbocycles. The Morgan fingerprint density at radius 2 is 1.95 bits per heavy atom. The van der Waals surface area contributed by atoms with Crippen molar-refractivity contribution in [1.29, 1.82) is 0 Å². The lowest BCUT2D eigenvalue weighted by Gasteiger charge is -1.99. The van der Waals surface area contributed by atoms with Crippen molar-refractivity contribution in [2.24, 2.45) is 5.14 Å². The number of benzene rings is 1. The third-order valence-electron chi connectivity index (χ3n) is 2.43. The molecule has 0 saturated carbocycles. The minimum absolute atomic E-state index is 0.202. The molecule has 0 bridgehead atoms. The maximum Gasteiger partial charge on any atom is 0.308 e. The van der Waals surface area contributed by atoms with Crippen molar-refractivity contribution in [3.05, 3.63) is 40.2 Å². The van der Waals surface area contributed by atoms with Gasteiger partial charge in [0, 0.05) is 10.4 Å². The van der Waals surface area contributed by atoms with Crippen LogP contribution in [0.25, 0.3) is 11.3 Å². The van der Waals surface area contributed by atoms with Crippen LogP contribution in [0.1, 0.15) is 9.88 Å². The summed E-state index contributed by atoms with van der Waals surface area (Å²) in [6.07, 6.45) is -0.202. The number of aliphatic carboxylic acids is 1. The van der Waals surface area contributed by atoms with E-state index in [1.54, 1.807) is 24.3 Å². The van der Waals surface area contributed by atoms with Crippen molar-refractivity contribution in [2.75, 3.05) is 0 Å². The molecule has 0 atom stereocenters. The zero-order chi connectivity index (χ0) is 14.8. The molecule has 1 aromatic heterocycles. The van der Waals surface area contributed by atoms with Gasteiger partial charge in [0.15, 0.2) is 0 Å². The van der Waals surface area contributed by atoms with E-state index in [0.29, 0.717) is 15.6 Å². The molecule has 8 heteroatoms. The van der Waals surface area contributed by atoms with Crippen molar-refractivity contribution < 1.29 is 18.3 Å². The van der Waals surface area contributed by atoms with Gasteiger partial charge in [0.05, 0.1) is 12.1 Å². The first-order valence-corrected chi connectivity index (χ1v) is 8.14. The van der Waals surface area contributed by atoms with Gasteiger partial charge in [0.2, 0.25) is 10.0 Å². The van der Waals surface area contributed by atoms with Crippen LogP contribution in [0.4, 0.5) is 0 Å². The summed E-state index contributed by atoms with van der Waals surface area (Å²) in [6.45, 7) is 0. The van der Waals surface area contributed by atoms with E-state index in [2.05, 4.69) is 4.98 Å². The molecule has 2 rings (SSSR count). The van der Waals surface area contributed by atoms with Gasteiger partial charge in [0.1, 0.15) is 10.8 Å². The van der Waals surface area contributed by atoms with Crippen LogP contribution in [-0.4, -0.2) is 24.5 Å². The van der Waals surface area contributed by atoms with Crippen molar-refractivity contribution in [3.8, 4) is 11.3 Å². The molecule has 0 spiro atoms. The van der Waals surface area contributed by atoms with Gasteiger partial charge in [-0.05, 0) is 0 Å². The van der Waals surface area contributed by atoms with E-state index in [-0.39, 0.29) is 6.42 Å². The largest absolute Gasteiger partial charge is 0.481 e. The van der Waals surface area contributed by atoms with Gasteiger partial charge in [-0.1, -0.05) is 30.3 Å². The summed E-state index contributed by atoms with van der Waals surface area (Å²) < 4.78 is 22.2. The number of rotatable bonds is 5. The molecule has 1 heterocycles. The van der Waals surface area contributed by atoms with E-state index in [1.807, 2.05) is 6.07 Å². The summed E-state index contributed by atoms with van der Waals surface area (Å²) in [5.74, 6) is -1.38. The van der Waals surface area contributed by atoms with Gasteiger partial charge in [0.25, 0.3) is 0 Å². The molecule has 1 aromatic carbocycles. The molecular formula is C12H12N2O4S2. The van der Waals surface area contributed by atoms with Gasteiger partial charge in [-0.2, -0.15) is 0 Å². The fourth-order valence-corrected chi connectivity index (χ4v) is 3.73. The highest BCUT2D eigenvalue weighted by atomic mass is 32.2. The molecule has 6 nitrogen and oxygen atoms in total. The molecule has 106 valence electrons. The van der Waals surface area contributed by atoms with Crippen LogP contribution in [0.15, 0.2) is 30.3 Å². The Morgan fingerprint density at radius 1 is 1.30 bits per heavy atom. The first kappa shape index (κ1) is 14.6. The third-order valence-corrected chi connectivity index (χ3v) is 4.34. The Morgan fingerprint density at radius 3 is 2.50 bits per heavy atom. The predicted octanol–water partition coefficient (Wildman–Crippen LogP) is 1.23. The van der Waals surface area contributed by atoms with Crippen LogP contribution < -0.4 is 5.14 Å². The highest BCUT2D eigenvalue weighted by molar-refractivity contribution is 7.88. The molecule has 0 aliphatic rings. The van der Waals surface area contributed by atoms with E-state index >= 15 is 0 Å². The summed E-state index contributed by atoms with van der Waals surface area (Å²) in [5.41, 5.74) is 1.25. The Hall–Kier alpha value is -1.77. The standard InChI is InChI=1S/C12H12N2O4S2/c13-20(17,18)7-10-14-12(8-4-2-1-3-5-8)9(19-10)6-11(15)16/h1-5H,6-7H2,(H,15,16)(H2,13,17,18). The first-order chi connectivity index (χ1) is 9.35. The molecule has 0 aliphatic heterocycles. The number of hydrogen-bond donors (Lipinski definition) is 2. The number of sulfonamides is 1. The van der Waals surface area contributed by atoms with Gasteiger partial charge >= 0.3 is 5.97 Å². The number of carbonyl (C=O) groups is 1. The van der Waals surface area contributed by atoms with Crippen molar-refractivity contribution in [3.63, 3.8) is 0 Å². The number of carboxylic acids is 1. The zero-order valence-corrected chi connectivity index (χ0v) is 11.9. The van der Waals surface area contributed by atoms with Gasteiger partial charge in [-0.15, -0.1) is 11.3 Å². The average Bonchev–Trinajstić information content (AvgIpc) is 2.69. The smallest absolute Gasteiger partial charge is 0.308 e. The number of hydrogen-bond acceptors (Lipinski definition) is 5. The van der Waals surface area contributed by atoms with E-state index < -0.39 is 21.7 Å². The zero-order valence-electron chi connectivity index (χ0n) is 10.3. The minimum Gasteiger partial charge on any atom is -0.481 e. The SMILES string of the molecule is NS(=O)(=O)Cc1nc(-c2ccccc2)c(CC(=O)O)s1. The predicted molar refractivity (Wildman–Crippen MR) is 75.7 cm³/mol. The first-order valence-electron chi connectivity index (χ1n) is 5.61. The van der Waals surface area contributed by atoms with Gasteiger partial charge in [-0.3, -0.25) is 4.79 Å². The maximum atomic E-state index is 11.1. The van der Waals surface area contributed by atoms with Crippen molar-refractivity contribution >= 4 is 27.3 Å². The molecule has 0 radical (unpaired) electrons. The fourth-order valence-electron chi connectivity index (χ4n) is 1.71. The molecule has 2 aromatic rings. The Labute approximate surface area is 119 Å². The van der Waals surface area contributed by atoms with E-state index in [4.69, 9.17) is 10.2 Å². The van der Waals surface area contributed by atoms with Crippen LogP contribution in [0.2, 0.25) is 0 Å². The molecule has 20 heavy (non-hydrogen) atoms. The molecule has 0 unspecified atom stereocenters. The van der Waals surface area contributed by atoms with Crippen LogP contribution in [-0.2, 0) is 27.0 Å². The molecule has 0 amide bonds. The minimum atomic E-state index is -3.69. The third kappa shape index (κ3) is 3.86. The topological polar surface area (TPSA) is 110 Å². The molecule has 3 N–H and O–H groups in total. The number of aromatic nitrogens is 1. The summed E-state index contributed by atoms with van der Waals surface area (Å²) in [6, 6.07) is 9.03. The Bertz CT molecular complexity index is 723. The van der Waals surface area contributed by atoms with Crippen LogP contribution in [0.5, 0.6) is 0 Å². The second-order valence-corrected chi connectivity index (χ2v) is 6.91. The lowest BCUT2D eigenvalue weighted by Crippen LogP contribution is -2.14. The van der Waals surface area contributed by atoms with Crippen LogP contribution >= 0.6 is 11.3 Å². The normalized spacial score (nSPS) is 11.4. The summed E-state index contributed by atoms with van der Waals surface area (Å²) >= 11 is 1.06. The molecule has 0 saturated heterocycles. The van der Waals surface area contributed by atoms with E-state index in [9.17, 15) is 13.2 Å². The summed E-state index contributed by atoms with van der Waals surface area (Å²) in [7, 11) is -3.69. The van der Waals surface area contributed by atoms with Gasteiger partial charge < -0.3 is 5.11 Å². The molecular weight excluding hydrogens is 300 g/mol. The van der Waals surface area contributed by atoms with Crippen LogP contribution in [0, 0.1) is 0 Å². The van der Waals surface area contributed by atoms with E-state index in [1.165, 1.54) is 0 Å². The second kappa shape index (κ2) is 5.70. The maximum absolute atomic E-state index is 11.1. The monoisotopic (exact) mass is 312 g/mol. The van der Waals surface area contributed by atoms with Crippen molar-refractivity contribution in [1.82, 2.24) is 4.98 Å². The van der Waals surface area contributed by atoms with Crippen LogP contribution in [0.3, 0.4) is 0 Å². The average molecular weight is 312 g/mol. The van der Waals surface area contributed by atoms with Gasteiger partial charge in [-0.25, -0.2) is 18.5 Å². The summed E-state index contributed by atoms with van der Waals surface area (Å²) in [4.78, 5) is 15.6. The lowest BCUT2D eigenvalue weighted by molar-refractivity contribution is -0.136. The quantitative estimate of drug-likeness (QED) is 0.862. The summed E-state index contributed by atoms with van der Waals surface area (Å²) in [5, 5.41) is 14.2. The Kier molecular flexibility index (Phi) is 4.17. The second-order valence-electron chi connectivity index (χ2n) is 4.12. The highest BCUT2D eigenvalue weighted by Gasteiger charge is 2.18. The fraction of sp³-hybridized carbons (Fsp3) is 0.167. The number of nitrogens with two attached hydrogens (primary N) is 1. The lowest BCUT2D eigenvalue weighted by atomic mass is 10.1. The Balaban J connectivity index is 2.45. The van der Waals surface area contributed by atoms with Crippen molar-refractivity contribution in [2.45, 2.75) is 12.2 Å².